The van der Waals surface area contributed by atoms with Crippen molar-refractivity contribution in [2.75, 3.05) is 6.61 Å². The van der Waals surface area contributed by atoms with E-state index in [1.165, 1.54) is 0 Å². The molecule has 0 saturated carbocycles. The first-order chi connectivity index (χ1) is 8.80. The van der Waals surface area contributed by atoms with Crippen molar-refractivity contribution in [1.82, 2.24) is 0 Å². The predicted octanol–water partition coefficient (Wildman–Crippen LogP) is 0.826. The van der Waals surface area contributed by atoms with Crippen LogP contribution in [-0.2, 0) is 9.53 Å². The molecular weight excluding hydrogens is 248 g/mol. The summed E-state index contributed by atoms with van der Waals surface area (Å²) in [5.41, 5.74) is 6.00. The minimum absolute atomic E-state index is 0.363. The number of nitriles is 1. The van der Waals surface area contributed by atoms with Gasteiger partial charge in [0.1, 0.15) is 0 Å². The lowest BCUT2D eigenvalue weighted by atomic mass is 10.1. The average molecular weight is 262 g/mol. The van der Waals surface area contributed by atoms with Crippen LogP contribution in [-0.4, -0.2) is 29.2 Å². The van der Waals surface area contributed by atoms with E-state index in [1.54, 1.807) is 32.0 Å². The van der Waals surface area contributed by atoms with Gasteiger partial charge in [0, 0.05) is 5.56 Å². The van der Waals surface area contributed by atoms with Gasteiger partial charge in [-0.2, -0.15) is 5.26 Å². The first-order valence-corrected chi connectivity index (χ1v) is 5.48. The summed E-state index contributed by atoms with van der Waals surface area (Å²) in [6.07, 6.45) is 0. The lowest BCUT2D eigenvalue weighted by molar-refractivity contribution is -0.142. The summed E-state index contributed by atoms with van der Waals surface area (Å²) in [6, 6.07) is 6.76. The highest BCUT2D eigenvalue weighted by Crippen LogP contribution is 2.25. The lowest BCUT2D eigenvalue weighted by Crippen LogP contribution is -2.18. The zero-order valence-corrected chi connectivity index (χ0v) is 10.6. The first kappa shape index (κ1) is 14.7. The van der Waals surface area contributed by atoms with E-state index in [0.29, 0.717) is 17.7 Å². The number of rotatable bonds is 2. The van der Waals surface area contributed by atoms with E-state index in [0.717, 1.165) is 5.56 Å². The number of nitrogens with two attached hydrogens (primary N) is 1. The SMILES string of the molecule is CC1(C(=O)O)CO1.Cc1cc(C(N)=O)ccc1C#N. The van der Waals surface area contributed by atoms with E-state index < -0.39 is 17.5 Å². The van der Waals surface area contributed by atoms with Crippen LogP contribution in [0, 0.1) is 18.3 Å². The summed E-state index contributed by atoms with van der Waals surface area (Å²) in [6.45, 7) is 3.68. The number of nitrogens with zero attached hydrogens (tertiary/aromatic N) is 1. The van der Waals surface area contributed by atoms with Crippen LogP contribution in [0.3, 0.4) is 0 Å². The number of amides is 1. The molecule has 1 heterocycles. The number of primary amides is 1. The van der Waals surface area contributed by atoms with E-state index in [1.807, 2.05) is 6.07 Å². The van der Waals surface area contributed by atoms with Crippen molar-refractivity contribution in [2.24, 2.45) is 5.73 Å². The number of aliphatic carboxylic acids is 1. The molecule has 1 aromatic rings. The minimum Gasteiger partial charge on any atom is -0.479 e. The van der Waals surface area contributed by atoms with Gasteiger partial charge in [-0.25, -0.2) is 4.79 Å². The van der Waals surface area contributed by atoms with Crippen LogP contribution in [0.4, 0.5) is 0 Å². The molecule has 1 aliphatic rings. The summed E-state index contributed by atoms with van der Waals surface area (Å²) >= 11 is 0. The van der Waals surface area contributed by atoms with Gasteiger partial charge < -0.3 is 15.6 Å². The molecule has 1 aromatic carbocycles. The third kappa shape index (κ3) is 3.79. The van der Waals surface area contributed by atoms with Gasteiger partial charge in [0.15, 0.2) is 5.60 Å². The Kier molecular flexibility index (Phi) is 4.25. The molecule has 2 rings (SSSR count). The smallest absolute Gasteiger partial charge is 0.338 e. The Morgan fingerprint density at radius 3 is 2.37 bits per heavy atom. The van der Waals surface area contributed by atoms with Gasteiger partial charge in [-0.15, -0.1) is 0 Å². The van der Waals surface area contributed by atoms with Crippen LogP contribution in [0.15, 0.2) is 18.2 Å². The maximum absolute atomic E-state index is 10.7. The molecule has 0 spiro atoms. The Hall–Kier alpha value is -2.39. The van der Waals surface area contributed by atoms with E-state index in [-0.39, 0.29) is 0 Å². The van der Waals surface area contributed by atoms with Gasteiger partial charge in [-0.1, -0.05) is 0 Å². The Bertz CT molecular complexity index is 556. The third-order valence-corrected chi connectivity index (χ3v) is 2.66. The summed E-state index contributed by atoms with van der Waals surface area (Å²) < 4.78 is 4.56. The first-order valence-electron chi connectivity index (χ1n) is 5.48. The summed E-state index contributed by atoms with van der Waals surface area (Å²) in [4.78, 5) is 20.7. The van der Waals surface area contributed by atoms with Crippen LogP contribution in [0.1, 0.15) is 28.4 Å². The van der Waals surface area contributed by atoms with Crippen molar-refractivity contribution in [3.05, 3.63) is 34.9 Å². The maximum Gasteiger partial charge on any atom is 0.338 e. The number of carboxylic acid groups (broad SMARTS) is 1. The molecule has 0 aromatic heterocycles. The van der Waals surface area contributed by atoms with Crippen LogP contribution in [0.2, 0.25) is 0 Å². The number of ether oxygens (including phenoxy) is 1. The molecule has 0 radical (unpaired) electrons. The Balaban J connectivity index is 0.000000218. The van der Waals surface area contributed by atoms with Crippen LogP contribution in [0.25, 0.3) is 0 Å². The molecular formula is C13H14N2O4. The fourth-order valence-corrected chi connectivity index (χ4v) is 1.17. The molecule has 1 fully saturated rings. The minimum atomic E-state index is -0.868. The normalized spacial score (nSPS) is 19.6. The standard InChI is InChI=1S/C9H8N2O.C4H6O3/c1-6-4-7(9(11)12)2-3-8(6)5-10;1-4(2-7-4)3(5)6/h2-4H,1H3,(H2,11,12);2H2,1H3,(H,5,6). The number of epoxide rings is 1. The number of hydrogen-bond acceptors (Lipinski definition) is 4. The zero-order valence-electron chi connectivity index (χ0n) is 10.6. The highest BCUT2D eigenvalue weighted by atomic mass is 16.6. The Morgan fingerprint density at radius 1 is 1.53 bits per heavy atom. The molecule has 6 nitrogen and oxygen atoms in total. The van der Waals surface area contributed by atoms with Crippen molar-refractivity contribution in [2.45, 2.75) is 19.4 Å². The molecule has 100 valence electrons. The molecule has 1 unspecified atom stereocenters. The van der Waals surface area contributed by atoms with Gasteiger partial charge >= 0.3 is 5.97 Å². The Morgan fingerprint density at radius 2 is 2.11 bits per heavy atom. The van der Waals surface area contributed by atoms with E-state index in [2.05, 4.69) is 4.74 Å². The molecule has 1 amide bonds. The highest BCUT2D eigenvalue weighted by molar-refractivity contribution is 5.93. The number of benzene rings is 1. The van der Waals surface area contributed by atoms with Crippen molar-refractivity contribution in [3.63, 3.8) is 0 Å². The average Bonchev–Trinajstić information content (AvgIpc) is 3.09. The molecule has 1 atom stereocenters. The molecule has 3 N–H and O–H groups in total. The zero-order chi connectivity index (χ0) is 14.6. The molecule has 1 aliphatic heterocycles. The van der Waals surface area contributed by atoms with E-state index in [9.17, 15) is 9.59 Å². The van der Waals surface area contributed by atoms with Gasteiger partial charge in [-0.3, -0.25) is 4.79 Å². The quantitative estimate of drug-likeness (QED) is 0.765. The number of carbonyl (C=O) groups excluding carboxylic acids is 1. The largest absolute Gasteiger partial charge is 0.479 e. The van der Waals surface area contributed by atoms with Crippen molar-refractivity contribution >= 4 is 11.9 Å². The summed E-state index contributed by atoms with van der Waals surface area (Å²) in [5, 5.41) is 16.8. The maximum atomic E-state index is 10.7. The van der Waals surface area contributed by atoms with Gasteiger partial charge in [0.05, 0.1) is 18.2 Å². The van der Waals surface area contributed by atoms with Crippen LogP contribution >= 0.6 is 0 Å². The second-order valence-corrected chi connectivity index (χ2v) is 4.33. The van der Waals surface area contributed by atoms with Crippen LogP contribution in [0.5, 0.6) is 0 Å². The van der Waals surface area contributed by atoms with Gasteiger partial charge in [-0.05, 0) is 37.6 Å². The fraction of sp³-hybridized carbons (Fsp3) is 0.308. The monoisotopic (exact) mass is 262 g/mol. The molecule has 0 aliphatic carbocycles. The second-order valence-electron chi connectivity index (χ2n) is 4.33. The van der Waals surface area contributed by atoms with Gasteiger partial charge in [0.25, 0.3) is 0 Å². The number of carboxylic acids is 1. The van der Waals surface area contributed by atoms with E-state index in [4.69, 9.17) is 16.1 Å². The molecule has 0 bridgehead atoms. The topological polar surface area (TPSA) is 117 Å². The van der Waals surface area contributed by atoms with Crippen molar-refractivity contribution < 1.29 is 19.4 Å². The molecule has 6 heteroatoms. The summed E-state index contributed by atoms with van der Waals surface area (Å²) in [5.74, 6) is -1.34. The Labute approximate surface area is 110 Å². The second kappa shape index (κ2) is 5.50. The fourth-order valence-electron chi connectivity index (χ4n) is 1.17. The van der Waals surface area contributed by atoms with Gasteiger partial charge in [0.2, 0.25) is 5.91 Å². The number of carbonyl (C=O) groups is 2. The van der Waals surface area contributed by atoms with Crippen LogP contribution < -0.4 is 5.73 Å². The number of aryl methyl sites for hydroxylation is 1. The highest BCUT2D eigenvalue weighted by Gasteiger charge is 2.47. The third-order valence-electron chi connectivity index (χ3n) is 2.66. The van der Waals surface area contributed by atoms with Crippen molar-refractivity contribution in [1.29, 1.82) is 5.26 Å². The molecule has 1 saturated heterocycles. The summed E-state index contributed by atoms with van der Waals surface area (Å²) in [7, 11) is 0. The number of hydrogen-bond donors (Lipinski definition) is 2. The predicted molar refractivity (Wildman–Crippen MR) is 66.4 cm³/mol. The van der Waals surface area contributed by atoms with Crippen molar-refractivity contribution in [3.8, 4) is 6.07 Å². The lowest BCUT2D eigenvalue weighted by Gasteiger charge is -1.98. The van der Waals surface area contributed by atoms with E-state index >= 15 is 0 Å². The molecule has 19 heavy (non-hydrogen) atoms.